The Morgan fingerprint density at radius 1 is 1.28 bits per heavy atom. The molecule has 1 aliphatic rings. The van der Waals surface area contributed by atoms with Crippen LogP contribution in [0.3, 0.4) is 0 Å². The molecule has 0 saturated heterocycles. The molecule has 0 radical (unpaired) electrons. The Morgan fingerprint density at radius 3 is 2.39 bits per heavy atom. The number of allylic oxidation sites excluding steroid dienone is 1. The standard InChI is InChI=1S/C14H24N2O2/c1-9-6-7-12(8-13(9)15-10(2)17)14(4,5)16-11(3)18/h6,12-13H,7-8H2,1-5H3,(H,15,17)(H,16,18)/t12-,13+/m0/s1. The topological polar surface area (TPSA) is 58.2 Å². The summed E-state index contributed by atoms with van der Waals surface area (Å²) in [7, 11) is 0. The van der Waals surface area contributed by atoms with Gasteiger partial charge in [-0.3, -0.25) is 9.59 Å². The maximum Gasteiger partial charge on any atom is 0.217 e. The quantitative estimate of drug-likeness (QED) is 0.752. The van der Waals surface area contributed by atoms with E-state index in [-0.39, 0.29) is 23.4 Å². The van der Waals surface area contributed by atoms with E-state index < -0.39 is 0 Å². The van der Waals surface area contributed by atoms with E-state index in [1.165, 1.54) is 19.4 Å². The third-order valence-corrected chi connectivity index (χ3v) is 3.69. The molecule has 2 atom stereocenters. The zero-order valence-electron chi connectivity index (χ0n) is 12.0. The summed E-state index contributed by atoms with van der Waals surface area (Å²) >= 11 is 0. The third-order valence-electron chi connectivity index (χ3n) is 3.69. The van der Waals surface area contributed by atoms with Gasteiger partial charge in [-0.15, -0.1) is 0 Å². The van der Waals surface area contributed by atoms with Crippen LogP contribution < -0.4 is 10.6 Å². The Bertz CT molecular complexity index is 372. The molecule has 0 aliphatic heterocycles. The zero-order valence-corrected chi connectivity index (χ0v) is 12.0. The van der Waals surface area contributed by atoms with Crippen LogP contribution in [0.15, 0.2) is 11.6 Å². The first-order chi connectivity index (χ1) is 8.22. The van der Waals surface area contributed by atoms with Gasteiger partial charge in [-0.2, -0.15) is 0 Å². The van der Waals surface area contributed by atoms with Crippen LogP contribution >= 0.6 is 0 Å². The van der Waals surface area contributed by atoms with E-state index in [9.17, 15) is 9.59 Å². The monoisotopic (exact) mass is 252 g/mol. The van der Waals surface area contributed by atoms with E-state index in [4.69, 9.17) is 0 Å². The number of hydrogen-bond acceptors (Lipinski definition) is 2. The van der Waals surface area contributed by atoms with Crippen molar-refractivity contribution in [3.63, 3.8) is 0 Å². The van der Waals surface area contributed by atoms with Crippen LogP contribution in [0.1, 0.15) is 47.5 Å². The van der Waals surface area contributed by atoms with E-state index in [2.05, 4.69) is 16.7 Å². The number of hydrogen-bond donors (Lipinski definition) is 2. The minimum absolute atomic E-state index is 0.00858. The van der Waals surface area contributed by atoms with Crippen LogP contribution in [-0.2, 0) is 9.59 Å². The van der Waals surface area contributed by atoms with Crippen molar-refractivity contribution in [3.8, 4) is 0 Å². The Kier molecular flexibility index (Phi) is 4.54. The van der Waals surface area contributed by atoms with Crippen molar-refractivity contribution in [1.29, 1.82) is 0 Å². The molecule has 2 amide bonds. The van der Waals surface area contributed by atoms with Crippen molar-refractivity contribution in [2.75, 3.05) is 0 Å². The highest BCUT2D eigenvalue weighted by molar-refractivity contribution is 5.74. The van der Waals surface area contributed by atoms with Crippen LogP contribution in [0, 0.1) is 5.92 Å². The van der Waals surface area contributed by atoms with Crippen molar-refractivity contribution < 1.29 is 9.59 Å². The average molecular weight is 252 g/mol. The van der Waals surface area contributed by atoms with Gasteiger partial charge in [0, 0.05) is 19.4 Å². The molecule has 0 aromatic carbocycles. The van der Waals surface area contributed by atoms with E-state index in [1.807, 2.05) is 20.8 Å². The number of rotatable bonds is 3. The molecular formula is C14H24N2O2. The van der Waals surface area contributed by atoms with Crippen molar-refractivity contribution >= 4 is 11.8 Å². The average Bonchev–Trinajstić information content (AvgIpc) is 2.18. The highest BCUT2D eigenvalue weighted by Gasteiger charge is 2.34. The molecule has 0 unspecified atom stereocenters. The van der Waals surface area contributed by atoms with E-state index in [1.54, 1.807) is 0 Å². The zero-order chi connectivity index (χ0) is 13.9. The molecule has 0 saturated carbocycles. The van der Waals surface area contributed by atoms with Gasteiger partial charge in [0.1, 0.15) is 0 Å². The highest BCUT2D eigenvalue weighted by atomic mass is 16.2. The molecule has 0 bridgehead atoms. The fourth-order valence-corrected chi connectivity index (χ4v) is 2.60. The summed E-state index contributed by atoms with van der Waals surface area (Å²) in [6, 6.07) is 0.0919. The third kappa shape index (κ3) is 3.86. The molecular weight excluding hydrogens is 228 g/mol. The second-order valence-corrected chi connectivity index (χ2v) is 5.77. The second kappa shape index (κ2) is 5.55. The van der Waals surface area contributed by atoms with Gasteiger partial charge >= 0.3 is 0 Å². The van der Waals surface area contributed by atoms with Crippen LogP contribution in [0.5, 0.6) is 0 Å². The van der Waals surface area contributed by atoms with Crippen LogP contribution in [0.2, 0.25) is 0 Å². The summed E-state index contributed by atoms with van der Waals surface area (Å²) in [4.78, 5) is 22.4. The molecule has 4 heteroatoms. The number of carbonyl (C=O) groups excluding carboxylic acids is 2. The van der Waals surface area contributed by atoms with Gasteiger partial charge in [0.25, 0.3) is 0 Å². The predicted octanol–water partition coefficient (Wildman–Crippen LogP) is 1.76. The Balaban J connectivity index is 2.76. The molecule has 18 heavy (non-hydrogen) atoms. The summed E-state index contributed by atoms with van der Waals surface area (Å²) in [5.74, 6) is 0.315. The van der Waals surface area contributed by atoms with Gasteiger partial charge in [0.05, 0.1) is 6.04 Å². The summed E-state index contributed by atoms with van der Waals surface area (Å²) < 4.78 is 0. The lowest BCUT2D eigenvalue weighted by molar-refractivity contribution is -0.122. The van der Waals surface area contributed by atoms with Crippen molar-refractivity contribution in [2.24, 2.45) is 5.92 Å². The van der Waals surface area contributed by atoms with Gasteiger partial charge in [-0.25, -0.2) is 0 Å². The maximum atomic E-state index is 11.2. The predicted molar refractivity (Wildman–Crippen MR) is 72.0 cm³/mol. The van der Waals surface area contributed by atoms with Gasteiger partial charge in [0.15, 0.2) is 0 Å². The van der Waals surface area contributed by atoms with Crippen molar-refractivity contribution in [1.82, 2.24) is 10.6 Å². The fraction of sp³-hybridized carbons (Fsp3) is 0.714. The molecule has 0 fully saturated rings. The number of nitrogens with one attached hydrogen (secondary N) is 2. The Labute approximate surface area is 109 Å². The smallest absolute Gasteiger partial charge is 0.217 e. The molecule has 102 valence electrons. The van der Waals surface area contributed by atoms with Crippen LogP contribution in [-0.4, -0.2) is 23.4 Å². The lowest BCUT2D eigenvalue weighted by Gasteiger charge is -2.39. The Morgan fingerprint density at radius 2 is 1.89 bits per heavy atom. The summed E-state index contributed by atoms with van der Waals surface area (Å²) in [5.41, 5.74) is 0.958. The largest absolute Gasteiger partial charge is 0.351 e. The summed E-state index contributed by atoms with van der Waals surface area (Å²) in [5, 5.41) is 5.96. The number of carbonyl (C=O) groups is 2. The first-order valence-electron chi connectivity index (χ1n) is 6.45. The Hall–Kier alpha value is -1.32. The first-order valence-corrected chi connectivity index (χ1v) is 6.45. The summed E-state index contributed by atoms with van der Waals surface area (Å²) in [6.45, 7) is 9.20. The molecule has 4 nitrogen and oxygen atoms in total. The van der Waals surface area contributed by atoms with Gasteiger partial charge in [-0.1, -0.05) is 11.6 Å². The van der Waals surface area contributed by atoms with Crippen LogP contribution in [0.25, 0.3) is 0 Å². The lowest BCUT2D eigenvalue weighted by atomic mass is 9.75. The molecule has 1 aliphatic carbocycles. The minimum Gasteiger partial charge on any atom is -0.351 e. The summed E-state index contributed by atoms with van der Waals surface area (Å²) in [6.07, 6.45) is 3.97. The highest BCUT2D eigenvalue weighted by Crippen LogP contribution is 2.32. The second-order valence-electron chi connectivity index (χ2n) is 5.77. The molecule has 0 aromatic rings. The van der Waals surface area contributed by atoms with Gasteiger partial charge in [-0.05, 0) is 39.5 Å². The molecule has 0 spiro atoms. The molecule has 0 aromatic heterocycles. The van der Waals surface area contributed by atoms with Crippen molar-refractivity contribution in [3.05, 3.63) is 11.6 Å². The van der Waals surface area contributed by atoms with Gasteiger partial charge in [0.2, 0.25) is 11.8 Å². The molecule has 0 heterocycles. The fourth-order valence-electron chi connectivity index (χ4n) is 2.60. The SMILES string of the molecule is CC(=O)N[C@@H]1C[C@@H](C(C)(C)NC(C)=O)CC=C1C. The lowest BCUT2D eigenvalue weighted by Crippen LogP contribution is -2.51. The normalized spacial score (nSPS) is 24.2. The maximum absolute atomic E-state index is 11.2. The van der Waals surface area contributed by atoms with Gasteiger partial charge < -0.3 is 10.6 Å². The minimum atomic E-state index is -0.250. The van der Waals surface area contributed by atoms with Crippen molar-refractivity contribution in [2.45, 2.75) is 59.0 Å². The van der Waals surface area contributed by atoms with E-state index >= 15 is 0 Å². The molecule has 2 N–H and O–H groups in total. The van der Waals surface area contributed by atoms with E-state index in [0.717, 1.165) is 12.8 Å². The molecule has 1 rings (SSSR count). The van der Waals surface area contributed by atoms with E-state index in [0.29, 0.717) is 5.92 Å². The number of amides is 2. The first kappa shape index (κ1) is 14.7. The van der Waals surface area contributed by atoms with Crippen LogP contribution in [0.4, 0.5) is 0 Å².